The number of benzene rings is 4. The van der Waals surface area contributed by atoms with Crippen molar-refractivity contribution in [1.82, 2.24) is 9.97 Å². The molecule has 0 unspecified atom stereocenters. The average molecular weight is 575 g/mol. The third kappa shape index (κ3) is 4.39. The number of pyridine rings is 2. The first-order valence-corrected chi connectivity index (χ1v) is 9.85. The minimum absolute atomic E-state index is 0. The Kier molecular flexibility index (Phi) is 6.47. The molecule has 0 atom stereocenters. The Balaban J connectivity index is 0.000000156. The molecule has 2 nitrogen and oxygen atoms in total. The molecule has 0 aliphatic rings. The largest absolute Gasteiger partial charge is 0.256 e. The van der Waals surface area contributed by atoms with Crippen LogP contribution in [-0.2, 0) is 20.1 Å². The van der Waals surface area contributed by atoms with Crippen LogP contribution in [0.2, 0.25) is 0 Å². The summed E-state index contributed by atoms with van der Waals surface area (Å²) in [5, 5.41) is 4.64. The fourth-order valence-electron chi connectivity index (χ4n) is 3.61. The van der Waals surface area contributed by atoms with Gasteiger partial charge in [0.05, 0.1) is 11.0 Å². The zero-order valence-corrected chi connectivity index (χ0v) is 19.0. The Hall–Kier alpha value is -3.39. The van der Waals surface area contributed by atoms with Crippen LogP contribution in [0.1, 0.15) is 0 Å². The molecule has 0 spiro atoms. The summed E-state index contributed by atoms with van der Waals surface area (Å²) in [7, 11) is 0. The number of aromatic nitrogens is 2. The molecule has 0 aliphatic carbocycles. The van der Waals surface area contributed by atoms with E-state index >= 15 is 0 Å². The van der Waals surface area contributed by atoms with E-state index in [9.17, 15) is 0 Å². The molecular weight excluding hydrogens is 557 g/mol. The number of rotatable bonds is 1. The normalized spacial score (nSPS) is 10.3. The maximum atomic E-state index is 4.52. The Morgan fingerprint density at radius 2 is 0.968 bits per heavy atom. The summed E-state index contributed by atoms with van der Waals surface area (Å²) in [4.78, 5) is 9.04. The zero-order chi connectivity index (χ0) is 20.2. The van der Waals surface area contributed by atoms with Crippen LogP contribution in [0, 0.1) is 12.1 Å². The molecule has 0 bridgehead atoms. The Labute approximate surface area is 195 Å². The second-order valence-corrected chi connectivity index (χ2v) is 6.93. The number of fused-ring (bicyclic) bond motifs is 5. The van der Waals surface area contributed by atoms with Gasteiger partial charge < -0.3 is 0 Å². The van der Waals surface area contributed by atoms with Crippen molar-refractivity contribution in [3.63, 3.8) is 0 Å². The van der Waals surface area contributed by atoms with Crippen molar-refractivity contribution in [2.24, 2.45) is 0 Å². The first-order valence-electron chi connectivity index (χ1n) is 9.85. The molecule has 0 N–H and O–H groups in total. The van der Waals surface area contributed by atoms with Gasteiger partial charge in [-0.3, -0.25) is 9.97 Å². The molecule has 0 fully saturated rings. The number of nitrogens with zero attached hydrogens (tertiary/aromatic N) is 2. The molecule has 2 aromatic heterocycles. The van der Waals surface area contributed by atoms with Crippen LogP contribution in [0.15, 0.2) is 109 Å². The second kappa shape index (κ2) is 9.61. The standard InChI is InChI=1S/C16H10N2.C12H8.Ir/c1-3-12-7-5-11-6-8-13-4-2-10-18-16(13)14(11)15(12)17-9-1;1-3-7-11(8-4-1)12-9-5-2-6-10-12;/h1-10H;1-7,9H;/q;-2;. The van der Waals surface area contributed by atoms with Crippen molar-refractivity contribution in [2.75, 3.05) is 0 Å². The maximum absolute atomic E-state index is 4.52. The molecule has 0 saturated heterocycles. The third-order valence-corrected chi connectivity index (χ3v) is 5.03. The van der Waals surface area contributed by atoms with Gasteiger partial charge in [-0.2, -0.15) is 48.5 Å². The molecule has 0 saturated carbocycles. The van der Waals surface area contributed by atoms with Gasteiger partial charge in [0.1, 0.15) is 0 Å². The zero-order valence-electron chi connectivity index (χ0n) is 16.6. The fraction of sp³-hybridized carbons (Fsp3) is 0. The van der Waals surface area contributed by atoms with Crippen molar-refractivity contribution >= 4 is 32.6 Å². The van der Waals surface area contributed by atoms with E-state index in [-0.39, 0.29) is 20.1 Å². The van der Waals surface area contributed by atoms with E-state index in [0.717, 1.165) is 38.3 Å². The summed E-state index contributed by atoms with van der Waals surface area (Å²) in [6.07, 6.45) is 3.67. The van der Waals surface area contributed by atoms with Crippen LogP contribution in [-0.4, -0.2) is 9.97 Å². The predicted octanol–water partition coefficient (Wildman–Crippen LogP) is 6.89. The van der Waals surface area contributed by atoms with Crippen molar-refractivity contribution in [1.29, 1.82) is 0 Å². The Bertz CT molecular complexity index is 1320. The van der Waals surface area contributed by atoms with Gasteiger partial charge in [0.2, 0.25) is 0 Å². The van der Waals surface area contributed by atoms with Crippen LogP contribution in [0.5, 0.6) is 0 Å². The summed E-state index contributed by atoms with van der Waals surface area (Å²) in [5.41, 5.74) is 4.25. The molecule has 2 heterocycles. The van der Waals surface area contributed by atoms with Crippen LogP contribution in [0.4, 0.5) is 0 Å². The summed E-state index contributed by atoms with van der Waals surface area (Å²) in [6.45, 7) is 0. The van der Waals surface area contributed by atoms with Gasteiger partial charge in [-0.1, -0.05) is 36.4 Å². The smallest absolute Gasteiger partial charge is 0.0802 e. The van der Waals surface area contributed by atoms with Crippen molar-refractivity contribution in [2.45, 2.75) is 0 Å². The second-order valence-electron chi connectivity index (χ2n) is 6.93. The summed E-state index contributed by atoms with van der Waals surface area (Å²) in [5.74, 6) is 0. The van der Waals surface area contributed by atoms with Gasteiger partial charge in [-0.25, -0.2) is 11.1 Å². The predicted molar refractivity (Wildman–Crippen MR) is 124 cm³/mol. The molecule has 0 amide bonds. The molecule has 6 rings (SSSR count). The summed E-state index contributed by atoms with van der Waals surface area (Å²) < 4.78 is 0. The number of hydrogen-bond donors (Lipinski definition) is 0. The van der Waals surface area contributed by atoms with Crippen molar-refractivity contribution in [3.8, 4) is 11.1 Å². The Morgan fingerprint density at radius 3 is 1.42 bits per heavy atom. The van der Waals surface area contributed by atoms with Gasteiger partial charge in [-0.05, 0) is 17.5 Å². The minimum atomic E-state index is 0. The van der Waals surface area contributed by atoms with E-state index in [1.807, 2.05) is 73.1 Å². The van der Waals surface area contributed by atoms with Crippen LogP contribution < -0.4 is 0 Å². The fourth-order valence-corrected chi connectivity index (χ4v) is 3.61. The summed E-state index contributed by atoms with van der Waals surface area (Å²) in [6, 6.07) is 38.7. The van der Waals surface area contributed by atoms with Crippen LogP contribution in [0.3, 0.4) is 0 Å². The molecule has 31 heavy (non-hydrogen) atoms. The van der Waals surface area contributed by atoms with E-state index < -0.39 is 0 Å². The van der Waals surface area contributed by atoms with Gasteiger partial charge >= 0.3 is 0 Å². The van der Waals surface area contributed by atoms with E-state index in [4.69, 9.17) is 0 Å². The van der Waals surface area contributed by atoms with Crippen LogP contribution in [0.25, 0.3) is 43.7 Å². The number of hydrogen-bond acceptors (Lipinski definition) is 2. The first kappa shape index (κ1) is 20.9. The molecule has 6 aromatic rings. The SMILES string of the molecule is [Ir].[c-]1ccccc1-c1[c-]cccc1.c1cnc2c(c1)ccc1ccc3cccnc3c12. The van der Waals surface area contributed by atoms with E-state index in [1.54, 1.807) is 0 Å². The first-order chi connectivity index (χ1) is 14.9. The topological polar surface area (TPSA) is 25.8 Å². The van der Waals surface area contributed by atoms with Gasteiger partial charge in [-0.15, -0.1) is 12.1 Å². The van der Waals surface area contributed by atoms with E-state index in [1.165, 1.54) is 5.39 Å². The van der Waals surface area contributed by atoms with Gasteiger partial charge in [0, 0.05) is 48.7 Å². The molecule has 3 heteroatoms. The average Bonchev–Trinajstić information content (AvgIpc) is 2.85. The minimum Gasteiger partial charge on any atom is -0.256 e. The molecule has 4 aromatic carbocycles. The van der Waals surface area contributed by atoms with E-state index in [2.05, 4.69) is 58.5 Å². The third-order valence-electron chi connectivity index (χ3n) is 5.03. The van der Waals surface area contributed by atoms with E-state index in [0.29, 0.717) is 0 Å². The van der Waals surface area contributed by atoms with Gasteiger partial charge in [0.15, 0.2) is 0 Å². The Morgan fingerprint density at radius 1 is 0.484 bits per heavy atom. The quantitative estimate of drug-likeness (QED) is 0.158. The van der Waals surface area contributed by atoms with Crippen molar-refractivity contribution < 1.29 is 20.1 Å². The molecular formula is C28H18IrN2-2. The summed E-state index contributed by atoms with van der Waals surface area (Å²) >= 11 is 0. The maximum Gasteiger partial charge on any atom is 0.0802 e. The molecule has 0 aliphatic heterocycles. The monoisotopic (exact) mass is 575 g/mol. The molecule has 151 valence electrons. The van der Waals surface area contributed by atoms with Crippen molar-refractivity contribution in [3.05, 3.63) is 122 Å². The van der Waals surface area contributed by atoms with Gasteiger partial charge in [0.25, 0.3) is 0 Å². The van der Waals surface area contributed by atoms with Crippen LogP contribution >= 0.6 is 0 Å². The molecule has 1 radical (unpaired) electrons.